The molecule has 0 saturated heterocycles. The van der Waals surface area contributed by atoms with Gasteiger partial charge in [0.1, 0.15) is 24.0 Å². The standard InChI is InChI=1S/C17H21NO3.ClH/c1-11(18)17(19)21-13(3)12(2)20-16-10-6-8-14-7-4-5-9-15(14)16;/h4-13H,18H2,1-3H3;1H/t11-,12+,13-;/m0./s1. The van der Waals surface area contributed by atoms with E-state index < -0.39 is 12.0 Å². The highest BCUT2D eigenvalue weighted by molar-refractivity contribution is 5.88. The maximum absolute atomic E-state index is 11.5. The summed E-state index contributed by atoms with van der Waals surface area (Å²) in [6.07, 6.45) is -0.638. The van der Waals surface area contributed by atoms with E-state index in [1.165, 1.54) is 0 Å². The van der Waals surface area contributed by atoms with Gasteiger partial charge < -0.3 is 15.2 Å². The van der Waals surface area contributed by atoms with Crippen LogP contribution < -0.4 is 10.5 Å². The molecule has 0 aliphatic heterocycles. The number of rotatable bonds is 5. The van der Waals surface area contributed by atoms with Crippen molar-refractivity contribution >= 4 is 29.1 Å². The Morgan fingerprint density at radius 1 is 1.00 bits per heavy atom. The number of fused-ring (bicyclic) bond motifs is 1. The summed E-state index contributed by atoms with van der Waals surface area (Å²) in [5.41, 5.74) is 5.50. The van der Waals surface area contributed by atoms with Gasteiger partial charge in [0.05, 0.1) is 0 Å². The molecular formula is C17H22ClNO3. The Labute approximate surface area is 137 Å². The molecule has 120 valence electrons. The molecule has 0 spiro atoms. The van der Waals surface area contributed by atoms with Crippen LogP contribution in [-0.2, 0) is 9.53 Å². The van der Waals surface area contributed by atoms with Gasteiger partial charge in [-0.1, -0.05) is 36.4 Å². The fraction of sp³-hybridized carbons (Fsp3) is 0.353. The zero-order valence-electron chi connectivity index (χ0n) is 13.0. The van der Waals surface area contributed by atoms with Crippen molar-refractivity contribution in [3.05, 3.63) is 42.5 Å². The molecule has 0 saturated carbocycles. The molecule has 0 aliphatic carbocycles. The van der Waals surface area contributed by atoms with Gasteiger partial charge in [0, 0.05) is 5.39 Å². The van der Waals surface area contributed by atoms with E-state index in [0.717, 1.165) is 16.5 Å². The van der Waals surface area contributed by atoms with Crippen molar-refractivity contribution in [2.45, 2.75) is 39.0 Å². The van der Waals surface area contributed by atoms with Crippen molar-refractivity contribution in [1.82, 2.24) is 0 Å². The first-order chi connectivity index (χ1) is 9.99. The van der Waals surface area contributed by atoms with Crippen molar-refractivity contribution in [2.24, 2.45) is 5.73 Å². The summed E-state index contributed by atoms with van der Waals surface area (Å²) in [4.78, 5) is 11.5. The topological polar surface area (TPSA) is 61.6 Å². The minimum atomic E-state index is -0.628. The second-order valence-electron chi connectivity index (χ2n) is 5.23. The lowest BCUT2D eigenvalue weighted by atomic mass is 10.1. The third-order valence-corrected chi connectivity index (χ3v) is 3.40. The Hall–Kier alpha value is -1.78. The lowest BCUT2D eigenvalue weighted by Gasteiger charge is -2.23. The van der Waals surface area contributed by atoms with Gasteiger partial charge in [0.25, 0.3) is 0 Å². The fourth-order valence-corrected chi connectivity index (χ4v) is 1.98. The molecule has 0 bridgehead atoms. The summed E-state index contributed by atoms with van der Waals surface area (Å²) in [6.45, 7) is 5.28. The van der Waals surface area contributed by atoms with Crippen LogP contribution in [0.25, 0.3) is 10.8 Å². The number of benzene rings is 2. The maximum Gasteiger partial charge on any atom is 0.323 e. The quantitative estimate of drug-likeness (QED) is 0.857. The van der Waals surface area contributed by atoms with Crippen molar-refractivity contribution in [3.8, 4) is 5.75 Å². The van der Waals surface area contributed by atoms with E-state index in [1.54, 1.807) is 13.8 Å². The Balaban J connectivity index is 0.00000242. The minimum Gasteiger partial charge on any atom is -0.486 e. The van der Waals surface area contributed by atoms with Gasteiger partial charge in [0.2, 0.25) is 0 Å². The van der Waals surface area contributed by atoms with E-state index in [1.807, 2.05) is 49.4 Å². The molecule has 0 radical (unpaired) electrons. The summed E-state index contributed by atoms with van der Waals surface area (Å²) >= 11 is 0. The summed E-state index contributed by atoms with van der Waals surface area (Å²) in [6, 6.07) is 13.3. The molecule has 22 heavy (non-hydrogen) atoms. The highest BCUT2D eigenvalue weighted by atomic mass is 35.5. The van der Waals surface area contributed by atoms with Crippen molar-refractivity contribution in [3.63, 3.8) is 0 Å². The van der Waals surface area contributed by atoms with E-state index >= 15 is 0 Å². The smallest absolute Gasteiger partial charge is 0.323 e. The molecule has 3 atom stereocenters. The molecule has 0 unspecified atom stereocenters. The van der Waals surface area contributed by atoms with Gasteiger partial charge >= 0.3 is 5.97 Å². The molecular weight excluding hydrogens is 302 g/mol. The number of esters is 1. The van der Waals surface area contributed by atoms with E-state index in [0.29, 0.717) is 0 Å². The van der Waals surface area contributed by atoms with E-state index in [-0.39, 0.29) is 24.6 Å². The number of hydrogen-bond donors (Lipinski definition) is 1. The lowest BCUT2D eigenvalue weighted by Crippen LogP contribution is -2.37. The molecule has 0 aliphatic rings. The number of carbonyl (C=O) groups excluding carboxylic acids is 1. The van der Waals surface area contributed by atoms with Gasteiger partial charge in [0.15, 0.2) is 0 Å². The molecule has 4 nitrogen and oxygen atoms in total. The molecule has 5 heteroatoms. The molecule has 2 rings (SSSR count). The van der Waals surface area contributed by atoms with Crippen molar-refractivity contribution < 1.29 is 14.3 Å². The summed E-state index contributed by atoms with van der Waals surface area (Å²) in [7, 11) is 0. The van der Waals surface area contributed by atoms with Crippen molar-refractivity contribution in [1.29, 1.82) is 0 Å². The number of carbonyl (C=O) groups is 1. The Kier molecular flexibility index (Phi) is 6.65. The van der Waals surface area contributed by atoms with Gasteiger partial charge in [-0.15, -0.1) is 12.4 Å². The second kappa shape index (κ2) is 8.01. The first-order valence-corrected chi connectivity index (χ1v) is 7.09. The minimum absolute atomic E-state index is 0. The van der Waals surface area contributed by atoms with Crippen LogP contribution >= 0.6 is 12.4 Å². The summed E-state index contributed by atoms with van der Waals surface area (Å²) in [5, 5.41) is 2.15. The average molecular weight is 324 g/mol. The van der Waals surface area contributed by atoms with Gasteiger partial charge in [-0.05, 0) is 32.2 Å². The largest absolute Gasteiger partial charge is 0.486 e. The first kappa shape index (κ1) is 18.3. The summed E-state index contributed by atoms with van der Waals surface area (Å²) in [5.74, 6) is 0.361. The normalized spacial score (nSPS) is 14.5. The number of ether oxygens (including phenoxy) is 2. The van der Waals surface area contributed by atoms with E-state index in [2.05, 4.69) is 0 Å². The molecule has 2 aromatic rings. The van der Waals surface area contributed by atoms with Crippen LogP contribution in [0.5, 0.6) is 5.75 Å². The third-order valence-electron chi connectivity index (χ3n) is 3.40. The Morgan fingerprint density at radius 3 is 2.32 bits per heavy atom. The second-order valence-corrected chi connectivity index (χ2v) is 5.23. The van der Waals surface area contributed by atoms with Crippen LogP contribution in [0.1, 0.15) is 20.8 Å². The zero-order chi connectivity index (χ0) is 15.4. The zero-order valence-corrected chi connectivity index (χ0v) is 13.8. The first-order valence-electron chi connectivity index (χ1n) is 7.09. The third kappa shape index (κ3) is 4.36. The molecule has 0 fully saturated rings. The number of nitrogens with two attached hydrogens (primary N) is 1. The summed E-state index contributed by atoms with van der Waals surface area (Å²) < 4.78 is 11.2. The van der Waals surface area contributed by atoms with E-state index in [9.17, 15) is 4.79 Å². The van der Waals surface area contributed by atoms with Gasteiger partial charge in [-0.2, -0.15) is 0 Å². The molecule has 0 heterocycles. The van der Waals surface area contributed by atoms with Gasteiger partial charge in [-0.25, -0.2) is 0 Å². The lowest BCUT2D eigenvalue weighted by molar-refractivity contribution is -0.153. The highest BCUT2D eigenvalue weighted by Gasteiger charge is 2.20. The fourth-order valence-electron chi connectivity index (χ4n) is 1.98. The Morgan fingerprint density at radius 2 is 1.64 bits per heavy atom. The van der Waals surface area contributed by atoms with Crippen molar-refractivity contribution in [2.75, 3.05) is 0 Å². The highest BCUT2D eigenvalue weighted by Crippen LogP contribution is 2.26. The van der Waals surface area contributed by atoms with Crippen LogP contribution in [0.3, 0.4) is 0 Å². The van der Waals surface area contributed by atoms with Crippen LogP contribution in [0.2, 0.25) is 0 Å². The molecule has 0 amide bonds. The van der Waals surface area contributed by atoms with Crippen LogP contribution in [0.15, 0.2) is 42.5 Å². The average Bonchev–Trinajstić information content (AvgIpc) is 2.47. The van der Waals surface area contributed by atoms with Crippen LogP contribution in [0, 0.1) is 0 Å². The molecule has 2 aromatic carbocycles. The van der Waals surface area contributed by atoms with Crippen LogP contribution in [-0.4, -0.2) is 24.2 Å². The molecule has 2 N–H and O–H groups in total. The number of halogens is 1. The monoisotopic (exact) mass is 323 g/mol. The SMILES string of the molecule is C[C@H](N)C(=O)O[C@@H](C)[C@@H](C)Oc1cccc2ccccc12.Cl. The maximum atomic E-state index is 11.5. The number of hydrogen-bond acceptors (Lipinski definition) is 4. The Bertz CT molecular complexity index is 625. The van der Waals surface area contributed by atoms with Crippen LogP contribution in [0.4, 0.5) is 0 Å². The predicted molar refractivity (Wildman–Crippen MR) is 90.5 cm³/mol. The predicted octanol–water partition coefficient (Wildman–Crippen LogP) is 3.31. The van der Waals surface area contributed by atoms with E-state index in [4.69, 9.17) is 15.2 Å². The molecule has 0 aromatic heterocycles. The van der Waals surface area contributed by atoms with Gasteiger partial charge in [-0.3, -0.25) is 4.79 Å².